The van der Waals surface area contributed by atoms with Crippen molar-refractivity contribution in [2.24, 2.45) is 5.41 Å². The van der Waals surface area contributed by atoms with Crippen molar-refractivity contribution >= 4 is 22.4 Å². The van der Waals surface area contributed by atoms with Gasteiger partial charge in [0.2, 0.25) is 0 Å². The van der Waals surface area contributed by atoms with E-state index in [0.717, 1.165) is 54.9 Å². The van der Waals surface area contributed by atoms with Crippen LogP contribution >= 0.6 is 0 Å². The largest absolute Gasteiger partial charge is 0.491 e. The first-order chi connectivity index (χ1) is 16.4. The minimum Gasteiger partial charge on any atom is -0.491 e. The van der Waals surface area contributed by atoms with Gasteiger partial charge in [-0.3, -0.25) is 14.7 Å². The number of carbonyl (C=O) groups excluding carboxylic acids is 1. The maximum absolute atomic E-state index is 13.1. The molecule has 4 rings (SSSR count). The Hall–Kier alpha value is -3.40. The lowest BCUT2D eigenvalue weighted by molar-refractivity contribution is 0.0322. The zero-order valence-corrected chi connectivity index (χ0v) is 20.1. The Morgan fingerprint density at radius 2 is 2.00 bits per heavy atom. The second kappa shape index (κ2) is 10.7. The van der Waals surface area contributed by atoms with Crippen LogP contribution < -0.4 is 10.1 Å². The van der Waals surface area contributed by atoms with E-state index in [-0.39, 0.29) is 11.3 Å². The van der Waals surface area contributed by atoms with E-state index in [4.69, 9.17) is 9.47 Å². The Morgan fingerprint density at radius 3 is 2.79 bits per heavy atom. The number of fused-ring (bicyclic) bond motifs is 1. The van der Waals surface area contributed by atoms with E-state index in [1.807, 2.05) is 30.3 Å². The lowest BCUT2D eigenvalue weighted by Crippen LogP contribution is -2.38. The molecule has 1 aliphatic heterocycles. The molecule has 34 heavy (non-hydrogen) atoms. The van der Waals surface area contributed by atoms with Gasteiger partial charge in [0.05, 0.1) is 18.8 Å². The van der Waals surface area contributed by atoms with Crippen LogP contribution in [-0.2, 0) is 4.74 Å². The molecule has 176 valence electrons. The van der Waals surface area contributed by atoms with Gasteiger partial charge in [0.1, 0.15) is 12.4 Å². The fourth-order valence-corrected chi connectivity index (χ4v) is 3.68. The summed E-state index contributed by atoms with van der Waals surface area (Å²) in [4.78, 5) is 19.6. The molecule has 0 aliphatic carbocycles. The Morgan fingerprint density at radius 1 is 1.18 bits per heavy atom. The molecule has 1 aliphatic rings. The highest BCUT2D eigenvalue weighted by atomic mass is 16.5. The van der Waals surface area contributed by atoms with E-state index in [0.29, 0.717) is 17.9 Å². The normalized spacial score (nSPS) is 14.3. The molecular weight excluding hydrogens is 426 g/mol. The molecule has 0 saturated carbocycles. The number of amides is 1. The first-order valence-corrected chi connectivity index (χ1v) is 11.6. The summed E-state index contributed by atoms with van der Waals surface area (Å²) < 4.78 is 11.6. The molecule has 0 bridgehead atoms. The second-order valence-corrected chi connectivity index (χ2v) is 9.37. The van der Waals surface area contributed by atoms with Crippen LogP contribution in [0.3, 0.4) is 0 Å². The summed E-state index contributed by atoms with van der Waals surface area (Å²) in [5.74, 6) is 6.93. The highest BCUT2D eigenvalue weighted by Crippen LogP contribution is 2.25. The van der Waals surface area contributed by atoms with E-state index in [1.165, 1.54) is 0 Å². The molecule has 0 radical (unpaired) electrons. The molecule has 1 amide bonds. The topological polar surface area (TPSA) is 63.7 Å². The number of nitrogens with zero attached hydrogens (tertiary/aromatic N) is 2. The second-order valence-electron chi connectivity index (χ2n) is 9.37. The van der Waals surface area contributed by atoms with Gasteiger partial charge >= 0.3 is 0 Å². The van der Waals surface area contributed by atoms with Crippen molar-refractivity contribution in [1.29, 1.82) is 0 Å². The van der Waals surface area contributed by atoms with Gasteiger partial charge in [0.15, 0.2) is 0 Å². The fraction of sp³-hybridized carbons (Fsp3) is 0.357. The average molecular weight is 458 g/mol. The first-order valence-electron chi connectivity index (χ1n) is 11.6. The van der Waals surface area contributed by atoms with Crippen molar-refractivity contribution in [3.8, 4) is 17.6 Å². The Bertz CT molecular complexity index is 1210. The van der Waals surface area contributed by atoms with Crippen molar-refractivity contribution in [3.63, 3.8) is 0 Å². The summed E-state index contributed by atoms with van der Waals surface area (Å²) in [7, 11) is 0. The van der Waals surface area contributed by atoms with E-state index in [2.05, 4.69) is 47.8 Å². The molecule has 1 aromatic heterocycles. The van der Waals surface area contributed by atoms with Crippen LogP contribution in [0.15, 0.2) is 54.9 Å². The molecule has 1 N–H and O–H groups in total. The maximum Gasteiger partial charge on any atom is 0.255 e. The Kier molecular flexibility index (Phi) is 7.46. The molecule has 6 heteroatoms. The number of ether oxygens (including phenoxy) is 2. The first kappa shape index (κ1) is 23.7. The highest BCUT2D eigenvalue weighted by molar-refractivity contribution is 6.09. The number of rotatable bonds is 6. The average Bonchev–Trinajstić information content (AvgIpc) is 2.83. The van der Waals surface area contributed by atoms with Gasteiger partial charge in [-0.2, -0.15) is 0 Å². The van der Waals surface area contributed by atoms with Crippen molar-refractivity contribution in [3.05, 3.63) is 66.0 Å². The third kappa shape index (κ3) is 6.34. The fourth-order valence-electron chi connectivity index (χ4n) is 3.68. The number of nitrogens with one attached hydrogen (secondary N) is 1. The summed E-state index contributed by atoms with van der Waals surface area (Å²) in [6.07, 6.45) is 3.51. The number of benzene rings is 2. The van der Waals surface area contributed by atoms with E-state index in [9.17, 15) is 4.79 Å². The minimum atomic E-state index is -0.197. The highest BCUT2D eigenvalue weighted by Gasteiger charge is 2.14. The minimum absolute atomic E-state index is 0.135. The van der Waals surface area contributed by atoms with Crippen molar-refractivity contribution in [2.45, 2.75) is 20.8 Å². The zero-order valence-electron chi connectivity index (χ0n) is 20.1. The quantitative estimate of drug-likeness (QED) is 0.549. The molecule has 3 aromatic rings. The number of morpholine rings is 1. The molecule has 1 fully saturated rings. The monoisotopic (exact) mass is 457 g/mol. The number of pyridine rings is 1. The Labute approximate surface area is 201 Å². The molecule has 2 heterocycles. The van der Waals surface area contributed by atoms with Crippen LogP contribution in [0, 0.1) is 17.3 Å². The standard InChI is InChI=1S/C28H31N3O3/c1-28(2,3)11-9-21-7-8-22(19-26(21)34-18-15-31-13-16-33-17-14-31)27(32)30-25-6-4-5-23-20-29-12-10-24(23)25/h4-8,10,12,19-20H,13-18H2,1-3H3,(H,30,32). The van der Waals surface area contributed by atoms with Crippen LogP contribution in [0.4, 0.5) is 5.69 Å². The van der Waals surface area contributed by atoms with Crippen molar-refractivity contribution in [2.75, 3.05) is 44.8 Å². The smallest absolute Gasteiger partial charge is 0.255 e. The maximum atomic E-state index is 13.1. The number of carbonyl (C=O) groups is 1. The number of hydrogen-bond donors (Lipinski definition) is 1. The lowest BCUT2D eigenvalue weighted by atomic mass is 9.97. The van der Waals surface area contributed by atoms with Gasteiger partial charge in [-0.15, -0.1) is 0 Å². The van der Waals surface area contributed by atoms with Crippen LogP contribution in [0.2, 0.25) is 0 Å². The molecule has 6 nitrogen and oxygen atoms in total. The predicted molar refractivity (Wildman–Crippen MR) is 135 cm³/mol. The van der Waals surface area contributed by atoms with Crippen LogP contribution in [0.5, 0.6) is 5.75 Å². The summed E-state index contributed by atoms with van der Waals surface area (Å²) in [5.41, 5.74) is 1.92. The van der Waals surface area contributed by atoms with E-state index < -0.39 is 0 Å². The van der Waals surface area contributed by atoms with Crippen molar-refractivity contribution < 1.29 is 14.3 Å². The zero-order chi connectivity index (χ0) is 24.0. The molecule has 0 unspecified atom stereocenters. The van der Waals surface area contributed by atoms with Gasteiger partial charge in [-0.1, -0.05) is 24.0 Å². The number of anilines is 1. The summed E-state index contributed by atoms with van der Waals surface area (Å²) in [5, 5.41) is 4.95. The van der Waals surface area contributed by atoms with Gasteiger partial charge in [0, 0.05) is 59.5 Å². The third-order valence-corrected chi connectivity index (χ3v) is 5.51. The van der Waals surface area contributed by atoms with Gasteiger partial charge in [0.25, 0.3) is 5.91 Å². The molecule has 0 atom stereocenters. The predicted octanol–water partition coefficient (Wildman–Crippen LogP) is 4.60. The summed E-state index contributed by atoms with van der Waals surface area (Å²) in [6, 6.07) is 13.1. The third-order valence-electron chi connectivity index (χ3n) is 5.51. The summed E-state index contributed by atoms with van der Waals surface area (Å²) in [6.45, 7) is 10.8. The van der Waals surface area contributed by atoms with Gasteiger partial charge < -0.3 is 14.8 Å². The van der Waals surface area contributed by atoms with Gasteiger partial charge in [-0.25, -0.2) is 0 Å². The van der Waals surface area contributed by atoms with Crippen molar-refractivity contribution in [1.82, 2.24) is 9.88 Å². The van der Waals surface area contributed by atoms with E-state index >= 15 is 0 Å². The van der Waals surface area contributed by atoms with E-state index in [1.54, 1.807) is 24.5 Å². The SMILES string of the molecule is CC(C)(C)C#Cc1ccc(C(=O)Nc2cccc3cnccc23)cc1OCCN1CCOCC1. The Balaban J connectivity index is 1.54. The van der Waals surface area contributed by atoms with Gasteiger partial charge in [-0.05, 0) is 51.1 Å². The molecular formula is C28H31N3O3. The summed E-state index contributed by atoms with van der Waals surface area (Å²) >= 11 is 0. The number of aromatic nitrogens is 1. The van der Waals surface area contributed by atoms with Crippen LogP contribution in [0.25, 0.3) is 10.8 Å². The number of hydrogen-bond acceptors (Lipinski definition) is 5. The lowest BCUT2D eigenvalue weighted by Gasteiger charge is -2.26. The molecule has 1 saturated heterocycles. The van der Waals surface area contributed by atoms with Crippen LogP contribution in [0.1, 0.15) is 36.7 Å². The molecule has 0 spiro atoms. The molecule has 2 aromatic carbocycles. The van der Waals surface area contributed by atoms with Crippen LogP contribution in [-0.4, -0.2) is 55.2 Å².